The number of carbonyl (C=O) groups is 1. The first-order valence-corrected chi connectivity index (χ1v) is 7.55. The van der Waals surface area contributed by atoms with E-state index < -0.39 is 11.6 Å². The van der Waals surface area contributed by atoms with E-state index in [1.54, 1.807) is 18.2 Å². The summed E-state index contributed by atoms with van der Waals surface area (Å²) in [5, 5.41) is 11.8. The predicted octanol–water partition coefficient (Wildman–Crippen LogP) is 3.46. The molecular weight excluding hydrogens is 361 g/mol. The number of carbonyl (C=O) groups excluding carboxylic acids is 1. The van der Waals surface area contributed by atoms with Crippen molar-refractivity contribution in [2.45, 2.75) is 13.0 Å². The van der Waals surface area contributed by atoms with Gasteiger partial charge in [-0.05, 0) is 24.6 Å². The molecule has 1 atom stereocenters. The lowest BCUT2D eigenvalue weighted by Gasteiger charge is -2.18. The second-order valence-corrected chi connectivity index (χ2v) is 5.89. The van der Waals surface area contributed by atoms with Crippen molar-refractivity contribution in [3.8, 4) is 0 Å². The summed E-state index contributed by atoms with van der Waals surface area (Å²) in [6.07, 6.45) is 1.24. The monoisotopic (exact) mass is 371 g/mol. The summed E-state index contributed by atoms with van der Waals surface area (Å²) in [6, 6.07) is 4.79. The lowest BCUT2D eigenvalue weighted by atomic mass is 10.1. The number of halogens is 3. The molecule has 0 fully saturated rings. The van der Waals surface area contributed by atoms with Gasteiger partial charge in [0.2, 0.25) is 0 Å². The van der Waals surface area contributed by atoms with E-state index in [2.05, 4.69) is 15.3 Å². The van der Waals surface area contributed by atoms with Crippen LogP contribution in [0.15, 0.2) is 24.4 Å². The molecule has 1 aromatic carbocycles. The van der Waals surface area contributed by atoms with Gasteiger partial charge in [0.05, 0.1) is 12.2 Å². The molecule has 23 heavy (non-hydrogen) atoms. The minimum Gasteiger partial charge on any atom is -0.364 e. The van der Waals surface area contributed by atoms with Crippen LogP contribution in [-0.2, 0) is 4.79 Å². The van der Waals surface area contributed by atoms with E-state index >= 15 is 0 Å². The summed E-state index contributed by atoms with van der Waals surface area (Å²) in [7, 11) is 0. The molecule has 0 spiro atoms. The van der Waals surface area contributed by atoms with Gasteiger partial charge in [0.1, 0.15) is 16.6 Å². The predicted molar refractivity (Wildman–Crippen MR) is 91.6 cm³/mol. The zero-order valence-corrected chi connectivity index (χ0v) is 14.2. The molecule has 0 aliphatic rings. The van der Waals surface area contributed by atoms with Crippen LogP contribution in [0.2, 0.25) is 15.2 Å². The summed E-state index contributed by atoms with van der Waals surface area (Å²) < 4.78 is 0. The quantitative estimate of drug-likeness (QED) is 0.699. The number of nitrogens with one attached hydrogen (secondary N) is 2. The van der Waals surface area contributed by atoms with Crippen molar-refractivity contribution in [2.24, 2.45) is 5.73 Å². The first-order chi connectivity index (χ1) is 10.8. The van der Waals surface area contributed by atoms with Gasteiger partial charge in [-0.15, -0.1) is 0 Å². The molecule has 2 rings (SSSR count). The molecule has 0 bridgehead atoms. The number of amides is 1. The third kappa shape index (κ3) is 4.10. The Morgan fingerprint density at radius 1 is 1.35 bits per heavy atom. The number of nitrogens with two attached hydrogens (primary N) is 1. The minimum absolute atomic E-state index is 0.0128. The molecule has 1 heterocycles. The Hall–Kier alpha value is -1.89. The van der Waals surface area contributed by atoms with Crippen molar-refractivity contribution in [1.29, 1.82) is 5.41 Å². The van der Waals surface area contributed by atoms with E-state index in [-0.39, 0.29) is 22.7 Å². The van der Waals surface area contributed by atoms with E-state index in [1.165, 1.54) is 6.20 Å². The average Bonchev–Trinajstić information content (AvgIpc) is 2.46. The highest BCUT2D eigenvalue weighted by atomic mass is 35.5. The second-order valence-electron chi connectivity index (χ2n) is 4.66. The van der Waals surface area contributed by atoms with E-state index in [0.29, 0.717) is 10.0 Å². The van der Waals surface area contributed by atoms with Crippen LogP contribution in [-0.4, -0.2) is 21.6 Å². The lowest BCUT2D eigenvalue weighted by Crippen LogP contribution is -2.26. The molecule has 2 aromatic rings. The highest BCUT2D eigenvalue weighted by molar-refractivity contribution is 6.44. The summed E-state index contributed by atoms with van der Waals surface area (Å²) in [5.41, 5.74) is 5.43. The van der Waals surface area contributed by atoms with Crippen LogP contribution < -0.4 is 11.1 Å². The van der Waals surface area contributed by atoms with Gasteiger partial charge < -0.3 is 11.1 Å². The Bertz CT molecular complexity index is 781. The van der Waals surface area contributed by atoms with Crippen LogP contribution in [0.1, 0.15) is 24.2 Å². The fraction of sp³-hybridized carbons (Fsp3) is 0.143. The number of primary amides is 1. The average molecular weight is 373 g/mol. The van der Waals surface area contributed by atoms with Crippen molar-refractivity contribution in [1.82, 2.24) is 9.97 Å². The number of benzene rings is 1. The Balaban J connectivity index is 2.37. The Morgan fingerprint density at radius 2 is 2.04 bits per heavy atom. The number of hydrogen-bond donors (Lipinski definition) is 3. The summed E-state index contributed by atoms with van der Waals surface area (Å²) in [5.74, 6) is -0.748. The first-order valence-electron chi connectivity index (χ1n) is 6.42. The van der Waals surface area contributed by atoms with Crippen molar-refractivity contribution >= 4 is 52.2 Å². The van der Waals surface area contributed by atoms with E-state index in [9.17, 15) is 4.79 Å². The topological polar surface area (TPSA) is 105 Å². The second kappa shape index (κ2) is 7.12. The smallest absolute Gasteiger partial charge is 0.268 e. The van der Waals surface area contributed by atoms with Gasteiger partial charge >= 0.3 is 0 Å². The Kier molecular flexibility index (Phi) is 5.41. The standard InChI is InChI=1S/C14H12Cl3N5O/c1-6(8-3-2-7(15)4-9(8)16)21-14-12(11(18)13(19)23)20-5-10(17)22-14/h2-6,18H,1H3,(H2,19,23)(H,21,22). The van der Waals surface area contributed by atoms with Crippen molar-refractivity contribution in [2.75, 3.05) is 5.32 Å². The maximum absolute atomic E-state index is 11.2. The molecule has 0 aliphatic heterocycles. The third-order valence-electron chi connectivity index (χ3n) is 3.01. The largest absolute Gasteiger partial charge is 0.364 e. The van der Waals surface area contributed by atoms with Gasteiger partial charge in [-0.1, -0.05) is 40.9 Å². The van der Waals surface area contributed by atoms with Gasteiger partial charge in [-0.25, -0.2) is 9.97 Å². The highest BCUT2D eigenvalue weighted by Gasteiger charge is 2.19. The van der Waals surface area contributed by atoms with E-state index in [1.807, 2.05) is 6.92 Å². The normalized spacial score (nSPS) is 11.8. The van der Waals surface area contributed by atoms with Crippen LogP contribution in [0.5, 0.6) is 0 Å². The fourth-order valence-corrected chi connectivity index (χ4v) is 2.61. The molecule has 1 aromatic heterocycles. The third-order valence-corrected chi connectivity index (χ3v) is 3.75. The van der Waals surface area contributed by atoms with Crippen LogP contribution in [0, 0.1) is 5.41 Å². The number of anilines is 1. The fourth-order valence-electron chi connectivity index (χ4n) is 1.90. The van der Waals surface area contributed by atoms with E-state index in [4.69, 9.17) is 45.9 Å². The first kappa shape index (κ1) is 17.5. The molecule has 0 saturated carbocycles. The van der Waals surface area contributed by atoms with Crippen LogP contribution in [0.3, 0.4) is 0 Å². The molecule has 0 radical (unpaired) electrons. The molecule has 120 valence electrons. The number of hydrogen-bond acceptors (Lipinski definition) is 5. The van der Waals surface area contributed by atoms with Crippen molar-refractivity contribution < 1.29 is 4.79 Å². The molecule has 4 N–H and O–H groups in total. The van der Waals surface area contributed by atoms with Gasteiger partial charge in [0.25, 0.3) is 5.91 Å². The zero-order chi connectivity index (χ0) is 17.1. The van der Waals surface area contributed by atoms with Crippen LogP contribution >= 0.6 is 34.8 Å². The maximum Gasteiger partial charge on any atom is 0.268 e. The number of nitrogens with zero attached hydrogens (tertiary/aromatic N) is 2. The number of aromatic nitrogens is 2. The van der Waals surface area contributed by atoms with Crippen LogP contribution in [0.25, 0.3) is 0 Å². The number of rotatable bonds is 5. The van der Waals surface area contributed by atoms with Crippen molar-refractivity contribution in [3.63, 3.8) is 0 Å². The summed E-state index contributed by atoms with van der Waals surface area (Å²) in [6.45, 7) is 1.83. The summed E-state index contributed by atoms with van der Waals surface area (Å²) >= 11 is 17.9. The molecule has 9 heteroatoms. The van der Waals surface area contributed by atoms with Gasteiger partial charge in [-0.2, -0.15) is 0 Å². The Labute approximate surface area is 147 Å². The molecule has 6 nitrogen and oxygen atoms in total. The Morgan fingerprint density at radius 3 is 2.65 bits per heavy atom. The van der Waals surface area contributed by atoms with Crippen LogP contribution in [0.4, 0.5) is 5.82 Å². The van der Waals surface area contributed by atoms with Gasteiger partial charge in [-0.3, -0.25) is 10.2 Å². The van der Waals surface area contributed by atoms with Gasteiger partial charge in [0.15, 0.2) is 5.82 Å². The molecule has 0 aliphatic carbocycles. The molecule has 1 amide bonds. The van der Waals surface area contributed by atoms with Crippen molar-refractivity contribution in [3.05, 3.63) is 50.9 Å². The SMILES string of the molecule is CC(Nc1nc(Cl)cnc1C(=N)C(N)=O)c1ccc(Cl)cc1Cl. The lowest BCUT2D eigenvalue weighted by molar-refractivity contribution is -0.112. The molecular formula is C14H12Cl3N5O. The zero-order valence-electron chi connectivity index (χ0n) is 11.9. The summed E-state index contributed by atoms with van der Waals surface area (Å²) in [4.78, 5) is 19.2. The maximum atomic E-state index is 11.2. The highest BCUT2D eigenvalue weighted by Crippen LogP contribution is 2.29. The minimum atomic E-state index is -0.915. The molecule has 1 unspecified atom stereocenters. The molecule has 0 saturated heterocycles. The van der Waals surface area contributed by atoms with E-state index in [0.717, 1.165) is 5.56 Å². The van der Waals surface area contributed by atoms with Gasteiger partial charge in [0, 0.05) is 10.0 Å².